The Bertz CT molecular complexity index is 247. The zero-order chi connectivity index (χ0) is 16.5. The Labute approximate surface area is 137 Å². The molecule has 0 radical (unpaired) electrons. The summed E-state index contributed by atoms with van der Waals surface area (Å²) in [6, 6.07) is 0. The van der Waals surface area contributed by atoms with Crippen molar-refractivity contribution in [1.82, 2.24) is 10.6 Å². The number of aliphatic hydroxyl groups excluding tert-OH is 1. The van der Waals surface area contributed by atoms with Gasteiger partial charge >= 0.3 is 0 Å². The van der Waals surface area contributed by atoms with Gasteiger partial charge in [0.25, 0.3) is 0 Å². The fourth-order valence-electron chi connectivity index (χ4n) is 2.49. The van der Waals surface area contributed by atoms with Gasteiger partial charge in [-0.2, -0.15) is 0 Å². The second-order valence-corrected chi connectivity index (χ2v) is 6.22. The van der Waals surface area contributed by atoms with E-state index in [1.165, 1.54) is 44.9 Å². The highest BCUT2D eigenvalue weighted by atomic mass is 16.3. The number of amides is 1. The number of hydrogen-bond donors (Lipinski definition) is 3. The topological polar surface area (TPSA) is 61.4 Å². The Kier molecular flexibility index (Phi) is 16.3. The molecule has 0 aliphatic carbocycles. The average molecular weight is 315 g/mol. The Balaban J connectivity index is 3.22. The monoisotopic (exact) mass is 314 g/mol. The molecule has 0 heterocycles. The van der Waals surface area contributed by atoms with Crippen LogP contribution in [0.3, 0.4) is 0 Å². The average Bonchev–Trinajstić information content (AvgIpc) is 2.50. The summed E-state index contributed by atoms with van der Waals surface area (Å²) in [5, 5.41) is 15.9. The minimum atomic E-state index is -0.258. The maximum Gasteiger partial charge on any atom is 0.220 e. The van der Waals surface area contributed by atoms with Crippen LogP contribution in [0.2, 0.25) is 0 Å². The lowest BCUT2D eigenvalue weighted by atomic mass is 10.1. The fourth-order valence-corrected chi connectivity index (χ4v) is 2.49. The summed E-state index contributed by atoms with van der Waals surface area (Å²) < 4.78 is 0. The van der Waals surface area contributed by atoms with Crippen LogP contribution in [0.15, 0.2) is 0 Å². The van der Waals surface area contributed by atoms with Crippen LogP contribution in [0.1, 0.15) is 84.5 Å². The largest absolute Gasteiger partial charge is 0.392 e. The van der Waals surface area contributed by atoms with Crippen molar-refractivity contribution in [2.75, 3.05) is 19.6 Å². The van der Waals surface area contributed by atoms with Gasteiger partial charge in [-0.05, 0) is 12.8 Å². The zero-order valence-corrected chi connectivity index (χ0v) is 14.8. The summed E-state index contributed by atoms with van der Waals surface area (Å²) >= 11 is 0. The lowest BCUT2D eigenvalue weighted by molar-refractivity contribution is -0.121. The molecule has 0 aromatic heterocycles. The number of unbranched alkanes of at least 4 members (excludes halogenated alkanes) is 7. The lowest BCUT2D eigenvalue weighted by Crippen LogP contribution is -2.35. The summed E-state index contributed by atoms with van der Waals surface area (Å²) in [6.07, 6.45) is 12.5. The van der Waals surface area contributed by atoms with Crippen LogP contribution in [-0.4, -0.2) is 36.8 Å². The molecule has 4 nitrogen and oxygen atoms in total. The maximum atomic E-state index is 11.2. The van der Waals surface area contributed by atoms with E-state index in [1.54, 1.807) is 0 Å². The van der Waals surface area contributed by atoms with Crippen LogP contribution in [-0.2, 0) is 4.79 Å². The molecule has 1 amide bonds. The SMILES string of the molecule is CCCCCCCCCCC(O)CNCCNC(=O)CCC. The standard InChI is InChI=1S/C18H38N2O2/c1-3-5-6-7-8-9-10-11-13-17(21)16-19-14-15-20-18(22)12-4-2/h17,19,21H,3-16H2,1-2H3,(H,20,22). The van der Waals surface area contributed by atoms with Gasteiger partial charge in [0.05, 0.1) is 6.10 Å². The second-order valence-electron chi connectivity index (χ2n) is 6.22. The summed E-state index contributed by atoms with van der Waals surface area (Å²) in [5.41, 5.74) is 0. The van der Waals surface area contributed by atoms with E-state index in [-0.39, 0.29) is 12.0 Å². The molecule has 132 valence electrons. The molecule has 0 saturated carbocycles. The molecule has 22 heavy (non-hydrogen) atoms. The maximum absolute atomic E-state index is 11.2. The third-order valence-corrected chi connectivity index (χ3v) is 3.87. The molecule has 0 spiro atoms. The number of carbonyl (C=O) groups is 1. The molecule has 0 fully saturated rings. The number of rotatable bonds is 16. The lowest BCUT2D eigenvalue weighted by Gasteiger charge is -2.12. The molecule has 0 aromatic rings. The predicted octanol–water partition coefficient (Wildman–Crippen LogP) is 3.38. The minimum Gasteiger partial charge on any atom is -0.392 e. The molecule has 0 rings (SSSR count). The molecule has 0 aromatic carbocycles. The quantitative estimate of drug-likeness (QED) is 0.383. The van der Waals surface area contributed by atoms with Crippen LogP contribution >= 0.6 is 0 Å². The Morgan fingerprint density at radius 1 is 0.909 bits per heavy atom. The van der Waals surface area contributed by atoms with Crippen LogP contribution in [0, 0.1) is 0 Å². The number of hydrogen-bond acceptors (Lipinski definition) is 3. The molecule has 0 bridgehead atoms. The van der Waals surface area contributed by atoms with Crippen LogP contribution in [0.5, 0.6) is 0 Å². The van der Waals surface area contributed by atoms with E-state index >= 15 is 0 Å². The third kappa shape index (κ3) is 15.8. The second kappa shape index (κ2) is 16.8. The molecule has 1 atom stereocenters. The van der Waals surface area contributed by atoms with E-state index in [9.17, 15) is 9.90 Å². The van der Waals surface area contributed by atoms with Gasteiger partial charge < -0.3 is 15.7 Å². The molecule has 0 aliphatic heterocycles. The van der Waals surface area contributed by atoms with Crippen molar-refractivity contribution in [2.45, 2.75) is 90.6 Å². The van der Waals surface area contributed by atoms with E-state index in [2.05, 4.69) is 17.6 Å². The van der Waals surface area contributed by atoms with E-state index in [1.807, 2.05) is 6.92 Å². The smallest absolute Gasteiger partial charge is 0.220 e. The Morgan fingerprint density at radius 3 is 2.18 bits per heavy atom. The number of carbonyl (C=O) groups excluding carboxylic acids is 1. The molecule has 0 saturated heterocycles. The first-order chi connectivity index (χ1) is 10.7. The van der Waals surface area contributed by atoms with Crippen LogP contribution < -0.4 is 10.6 Å². The van der Waals surface area contributed by atoms with Gasteiger partial charge in [0, 0.05) is 26.1 Å². The van der Waals surface area contributed by atoms with Crippen molar-refractivity contribution >= 4 is 5.91 Å². The molecular formula is C18H38N2O2. The first-order valence-electron chi connectivity index (χ1n) is 9.36. The van der Waals surface area contributed by atoms with Crippen molar-refractivity contribution < 1.29 is 9.90 Å². The van der Waals surface area contributed by atoms with Crippen LogP contribution in [0.4, 0.5) is 0 Å². The first kappa shape index (κ1) is 21.4. The van der Waals surface area contributed by atoms with Crippen molar-refractivity contribution in [1.29, 1.82) is 0 Å². The van der Waals surface area contributed by atoms with Gasteiger partial charge in [0.1, 0.15) is 0 Å². The summed E-state index contributed by atoms with van der Waals surface area (Å²) in [6.45, 7) is 6.24. The highest BCUT2D eigenvalue weighted by molar-refractivity contribution is 5.75. The van der Waals surface area contributed by atoms with Gasteiger partial charge in [-0.3, -0.25) is 4.79 Å². The molecule has 0 aliphatic rings. The number of aliphatic hydroxyl groups is 1. The van der Waals surface area contributed by atoms with E-state index in [0.29, 0.717) is 19.5 Å². The fraction of sp³-hybridized carbons (Fsp3) is 0.944. The van der Waals surface area contributed by atoms with E-state index in [0.717, 1.165) is 25.8 Å². The summed E-state index contributed by atoms with van der Waals surface area (Å²) in [7, 11) is 0. The first-order valence-corrected chi connectivity index (χ1v) is 9.36. The van der Waals surface area contributed by atoms with Crippen LogP contribution in [0.25, 0.3) is 0 Å². The van der Waals surface area contributed by atoms with Crippen molar-refractivity contribution in [3.63, 3.8) is 0 Å². The van der Waals surface area contributed by atoms with E-state index < -0.39 is 0 Å². The van der Waals surface area contributed by atoms with Gasteiger partial charge in [0.15, 0.2) is 0 Å². The van der Waals surface area contributed by atoms with Gasteiger partial charge in [-0.1, -0.05) is 65.2 Å². The van der Waals surface area contributed by atoms with Crippen molar-refractivity contribution in [3.05, 3.63) is 0 Å². The zero-order valence-electron chi connectivity index (χ0n) is 14.8. The van der Waals surface area contributed by atoms with Gasteiger partial charge in [-0.15, -0.1) is 0 Å². The summed E-state index contributed by atoms with van der Waals surface area (Å²) in [4.78, 5) is 11.2. The predicted molar refractivity (Wildman–Crippen MR) is 94.0 cm³/mol. The minimum absolute atomic E-state index is 0.115. The highest BCUT2D eigenvalue weighted by Gasteiger charge is 2.03. The molecule has 3 N–H and O–H groups in total. The summed E-state index contributed by atoms with van der Waals surface area (Å²) in [5.74, 6) is 0.115. The molecular weight excluding hydrogens is 276 g/mol. The Morgan fingerprint density at radius 2 is 1.55 bits per heavy atom. The normalized spacial score (nSPS) is 12.3. The van der Waals surface area contributed by atoms with Gasteiger partial charge in [0.2, 0.25) is 5.91 Å². The highest BCUT2D eigenvalue weighted by Crippen LogP contribution is 2.10. The van der Waals surface area contributed by atoms with Crippen molar-refractivity contribution in [2.24, 2.45) is 0 Å². The van der Waals surface area contributed by atoms with E-state index in [4.69, 9.17) is 0 Å². The van der Waals surface area contributed by atoms with Crippen molar-refractivity contribution in [3.8, 4) is 0 Å². The van der Waals surface area contributed by atoms with Gasteiger partial charge in [-0.25, -0.2) is 0 Å². The molecule has 1 unspecified atom stereocenters. The Hall–Kier alpha value is -0.610. The number of nitrogens with one attached hydrogen (secondary N) is 2. The molecule has 4 heteroatoms. The third-order valence-electron chi connectivity index (χ3n) is 3.87.